The lowest BCUT2D eigenvalue weighted by molar-refractivity contribution is 0.457. The van der Waals surface area contributed by atoms with Crippen molar-refractivity contribution in [1.29, 1.82) is 0 Å². The molecule has 21 heavy (non-hydrogen) atoms. The van der Waals surface area contributed by atoms with Crippen LogP contribution in [0.2, 0.25) is 0 Å². The maximum Gasteiger partial charge on any atom is 0.315 e. The van der Waals surface area contributed by atoms with Crippen molar-refractivity contribution < 1.29 is 4.42 Å². The predicted octanol–water partition coefficient (Wildman–Crippen LogP) is 2.57. The van der Waals surface area contributed by atoms with Crippen LogP contribution >= 0.6 is 0 Å². The lowest BCUT2D eigenvalue weighted by atomic mass is 9.78. The van der Waals surface area contributed by atoms with Crippen molar-refractivity contribution in [3.8, 4) is 0 Å². The first-order chi connectivity index (χ1) is 10.2. The van der Waals surface area contributed by atoms with E-state index in [-0.39, 0.29) is 0 Å². The van der Waals surface area contributed by atoms with E-state index in [1.165, 1.54) is 11.1 Å². The maximum atomic E-state index is 5.58. The van der Waals surface area contributed by atoms with E-state index < -0.39 is 0 Å². The second kappa shape index (κ2) is 6.26. The van der Waals surface area contributed by atoms with Gasteiger partial charge in [0, 0.05) is 12.5 Å². The van der Waals surface area contributed by atoms with E-state index in [1.807, 2.05) is 0 Å². The Morgan fingerprint density at radius 1 is 1.29 bits per heavy atom. The fraction of sp³-hybridized carbons (Fsp3) is 0.500. The molecule has 112 valence electrons. The summed E-state index contributed by atoms with van der Waals surface area (Å²) in [6, 6.07) is 9.09. The van der Waals surface area contributed by atoms with Crippen molar-refractivity contribution in [2.75, 3.05) is 18.4 Å². The zero-order chi connectivity index (χ0) is 14.7. The average molecular weight is 286 g/mol. The molecule has 5 heteroatoms. The third kappa shape index (κ3) is 3.42. The number of anilines is 1. The Kier molecular flexibility index (Phi) is 4.20. The highest BCUT2D eigenvalue weighted by atomic mass is 16.4. The van der Waals surface area contributed by atoms with Gasteiger partial charge in [-0.1, -0.05) is 43.2 Å². The van der Waals surface area contributed by atoms with E-state index in [1.54, 1.807) is 0 Å². The summed E-state index contributed by atoms with van der Waals surface area (Å²) in [5.74, 6) is 1.80. The first-order valence-corrected chi connectivity index (χ1v) is 7.57. The zero-order valence-electron chi connectivity index (χ0n) is 12.6. The van der Waals surface area contributed by atoms with Crippen molar-refractivity contribution in [2.45, 2.75) is 32.7 Å². The lowest BCUT2D eigenvalue weighted by Crippen LogP contribution is -2.24. The van der Waals surface area contributed by atoms with Gasteiger partial charge in [0.2, 0.25) is 5.89 Å². The van der Waals surface area contributed by atoms with Crippen LogP contribution in [-0.4, -0.2) is 23.3 Å². The maximum absolute atomic E-state index is 5.58. The van der Waals surface area contributed by atoms with Crippen molar-refractivity contribution >= 4 is 6.01 Å². The number of aromatic nitrogens is 2. The van der Waals surface area contributed by atoms with Gasteiger partial charge in [-0.05, 0) is 30.0 Å². The van der Waals surface area contributed by atoms with Gasteiger partial charge in [-0.25, -0.2) is 0 Å². The van der Waals surface area contributed by atoms with Crippen molar-refractivity contribution in [2.24, 2.45) is 5.92 Å². The minimum absolute atomic E-state index is 0.515. The number of benzene rings is 1. The molecule has 1 unspecified atom stereocenters. The number of nitrogens with zero attached hydrogens (tertiary/aromatic N) is 2. The first-order valence-electron chi connectivity index (χ1n) is 7.57. The normalized spacial score (nSPS) is 16.6. The molecule has 2 N–H and O–H groups in total. The van der Waals surface area contributed by atoms with Crippen molar-refractivity contribution in [3.05, 3.63) is 41.3 Å². The third-order valence-corrected chi connectivity index (χ3v) is 3.76. The van der Waals surface area contributed by atoms with E-state index in [0.717, 1.165) is 19.5 Å². The molecular weight excluding hydrogens is 264 g/mol. The minimum Gasteiger partial charge on any atom is -0.407 e. The molecule has 0 radical (unpaired) electrons. The van der Waals surface area contributed by atoms with Crippen LogP contribution in [-0.2, 0) is 13.0 Å². The Morgan fingerprint density at radius 3 is 2.95 bits per heavy atom. The van der Waals surface area contributed by atoms with Gasteiger partial charge in [0.15, 0.2) is 0 Å². The Bertz CT molecular complexity index is 593. The van der Waals surface area contributed by atoms with Crippen molar-refractivity contribution in [1.82, 2.24) is 15.5 Å². The van der Waals surface area contributed by atoms with E-state index in [4.69, 9.17) is 4.42 Å². The standard InChI is InChI=1S/C16H22N4O/c1-11(2)8-17-10-15-19-20-16(21-15)18-9-13-7-12-5-3-4-6-14(12)13/h3-6,11,13,17H,7-10H2,1-2H3,(H,18,20). The van der Waals surface area contributed by atoms with E-state index in [0.29, 0.717) is 30.3 Å². The van der Waals surface area contributed by atoms with E-state index >= 15 is 0 Å². The molecule has 0 bridgehead atoms. The first kappa shape index (κ1) is 14.1. The summed E-state index contributed by atoms with van der Waals surface area (Å²) in [6.45, 7) is 6.76. The molecule has 5 nitrogen and oxygen atoms in total. The summed E-state index contributed by atoms with van der Waals surface area (Å²) in [7, 11) is 0. The fourth-order valence-corrected chi connectivity index (χ4v) is 2.62. The van der Waals surface area contributed by atoms with E-state index in [9.17, 15) is 0 Å². The molecule has 1 aliphatic rings. The highest BCUT2D eigenvalue weighted by Crippen LogP contribution is 2.34. The van der Waals surface area contributed by atoms with Crippen LogP contribution in [0.25, 0.3) is 0 Å². The molecule has 0 aliphatic heterocycles. The zero-order valence-corrected chi connectivity index (χ0v) is 12.6. The van der Waals surface area contributed by atoms with Crippen LogP contribution in [0.4, 0.5) is 6.01 Å². The molecule has 1 heterocycles. The van der Waals surface area contributed by atoms with E-state index in [2.05, 4.69) is 58.9 Å². The molecule has 0 saturated carbocycles. The molecule has 0 saturated heterocycles. The Balaban J connectivity index is 1.45. The Labute approximate surface area is 125 Å². The van der Waals surface area contributed by atoms with Crippen LogP contribution in [0.5, 0.6) is 0 Å². The average Bonchev–Trinajstić information content (AvgIpc) is 2.87. The highest BCUT2D eigenvalue weighted by Gasteiger charge is 2.25. The van der Waals surface area contributed by atoms with Crippen LogP contribution in [0.3, 0.4) is 0 Å². The summed E-state index contributed by atoms with van der Waals surface area (Å²) in [4.78, 5) is 0. The van der Waals surface area contributed by atoms with Gasteiger partial charge in [0.25, 0.3) is 0 Å². The van der Waals surface area contributed by atoms with Gasteiger partial charge in [0.1, 0.15) is 0 Å². The quantitative estimate of drug-likeness (QED) is 0.819. The van der Waals surface area contributed by atoms with Gasteiger partial charge in [-0.15, -0.1) is 5.10 Å². The van der Waals surface area contributed by atoms with Crippen LogP contribution in [0.15, 0.2) is 28.7 Å². The van der Waals surface area contributed by atoms with Gasteiger partial charge in [-0.3, -0.25) is 0 Å². The van der Waals surface area contributed by atoms with Gasteiger partial charge in [0.05, 0.1) is 6.54 Å². The van der Waals surface area contributed by atoms with Gasteiger partial charge >= 0.3 is 6.01 Å². The minimum atomic E-state index is 0.515. The number of rotatable bonds is 7. The fourth-order valence-electron chi connectivity index (χ4n) is 2.62. The SMILES string of the molecule is CC(C)CNCc1nnc(NCC2Cc3ccccc32)o1. The molecule has 3 rings (SSSR count). The van der Waals surface area contributed by atoms with Gasteiger partial charge in [-0.2, -0.15) is 0 Å². The summed E-state index contributed by atoms with van der Waals surface area (Å²) in [5, 5.41) is 14.6. The molecule has 0 spiro atoms. The largest absolute Gasteiger partial charge is 0.407 e. The number of hydrogen-bond donors (Lipinski definition) is 2. The van der Waals surface area contributed by atoms with Crippen molar-refractivity contribution in [3.63, 3.8) is 0 Å². The molecule has 0 amide bonds. The number of nitrogens with one attached hydrogen (secondary N) is 2. The topological polar surface area (TPSA) is 63.0 Å². The molecule has 1 aromatic carbocycles. The lowest BCUT2D eigenvalue weighted by Gasteiger charge is -2.29. The smallest absolute Gasteiger partial charge is 0.315 e. The second-order valence-corrected chi connectivity index (χ2v) is 6.01. The summed E-state index contributed by atoms with van der Waals surface area (Å²) in [5.41, 5.74) is 2.89. The summed E-state index contributed by atoms with van der Waals surface area (Å²) in [6.07, 6.45) is 1.13. The summed E-state index contributed by atoms with van der Waals surface area (Å²) < 4.78 is 5.58. The highest BCUT2D eigenvalue weighted by molar-refractivity contribution is 5.41. The second-order valence-electron chi connectivity index (χ2n) is 6.01. The summed E-state index contributed by atoms with van der Waals surface area (Å²) >= 11 is 0. The molecule has 1 aromatic heterocycles. The monoisotopic (exact) mass is 286 g/mol. The number of hydrogen-bond acceptors (Lipinski definition) is 5. The Hall–Kier alpha value is -1.88. The van der Waals surface area contributed by atoms with Gasteiger partial charge < -0.3 is 15.1 Å². The number of fused-ring (bicyclic) bond motifs is 1. The molecule has 0 fully saturated rings. The van der Waals surface area contributed by atoms with Crippen LogP contribution in [0, 0.1) is 5.92 Å². The van der Waals surface area contributed by atoms with Crippen LogP contribution in [0.1, 0.15) is 36.8 Å². The predicted molar refractivity (Wildman–Crippen MR) is 82.2 cm³/mol. The molecule has 1 aliphatic carbocycles. The third-order valence-electron chi connectivity index (χ3n) is 3.76. The van der Waals surface area contributed by atoms with Crippen LogP contribution < -0.4 is 10.6 Å². The Morgan fingerprint density at radius 2 is 2.14 bits per heavy atom. The molecule has 1 atom stereocenters. The molecule has 2 aromatic rings. The molecular formula is C16H22N4O.